The fourth-order valence-corrected chi connectivity index (χ4v) is 9.13. The maximum absolute atomic E-state index is 13.7. The number of H-pyrrole nitrogens is 1. The lowest BCUT2D eigenvalue weighted by atomic mass is 9.83. The van der Waals surface area contributed by atoms with Crippen molar-refractivity contribution in [3.63, 3.8) is 0 Å². The zero-order valence-corrected chi connectivity index (χ0v) is 36.2. The van der Waals surface area contributed by atoms with Crippen LogP contribution in [0.1, 0.15) is 66.5 Å². The van der Waals surface area contributed by atoms with Gasteiger partial charge in [0.15, 0.2) is 6.10 Å². The number of benzene rings is 5. The molecule has 5 aromatic carbocycles. The Hall–Kier alpha value is -6.34. The molecule has 1 unspecified atom stereocenters. The lowest BCUT2D eigenvalue weighted by Crippen LogP contribution is -2.65. The van der Waals surface area contributed by atoms with Gasteiger partial charge in [0.1, 0.15) is 49.3 Å². The van der Waals surface area contributed by atoms with E-state index in [2.05, 4.69) is 15.6 Å². The molecule has 0 radical (unpaired) electrons. The van der Waals surface area contributed by atoms with Crippen LogP contribution < -0.4 is 30.4 Å². The number of fused-ring (bicyclic) bond motifs is 4. The molecule has 2 bridgehead atoms. The van der Waals surface area contributed by atoms with E-state index in [9.17, 15) is 19.8 Å². The summed E-state index contributed by atoms with van der Waals surface area (Å²) >= 11 is 0. The normalized spacial score (nSPS) is 18.8. The van der Waals surface area contributed by atoms with Crippen molar-refractivity contribution in [3.8, 4) is 23.0 Å². The van der Waals surface area contributed by atoms with E-state index >= 15 is 0 Å². The molecule has 3 aliphatic heterocycles. The van der Waals surface area contributed by atoms with Gasteiger partial charge in [-0.25, -0.2) is 4.79 Å². The number of unbranched alkanes of at least 4 members (excludes halogenated alkanes) is 2. The van der Waals surface area contributed by atoms with Crippen LogP contribution >= 0.6 is 0 Å². The van der Waals surface area contributed by atoms with Gasteiger partial charge in [0.2, 0.25) is 5.56 Å². The van der Waals surface area contributed by atoms with Crippen molar-refractivity contribution in [3.05, 3.63) is 166 Å². The summed E-state index contributed by atoms with van der Waals surface area (Å²) in [4.78, 5) is 28.1. The van der Waals surface area contributed by atoms with Crippen molar-refractivity contribution in [1.82, 2.24) is 15.6 Å². The zero-order valence-electron chi connectivity index (χ0n) is 36.2. The molecular weight excluding hydrogens is 809 g/mol. The third kappa shape index (κ3) is 11.6. The smallest absolute Gasteiger partial charge is 0.408 e. The van der Waals surface area contributed by atoms with Crippen molar-refractivity contribution in [1.29, 1.82) is 0 Å². The van der Waals surface area contributed by atoms with Crippen LogP contribution in [0.25, 0.3) is 10.9 Å². The number of phenols is 1. The average molecular weight is 868 g/mol. The summed E-state index contributed by atoms with van der Waals surface area (Å²) in [5.74, 6) is 2.69. The highest BCUT2D eigenvalue weighted by atomic mass is 16.6. The number of aromatic hydroxyl groups is 1. The van der Waals surface area contributed by atoms with Crippen LogP contribution in [0.4, 0.5) is 4.79 Å². The molecule has 12 heteroatoms. The number of aromatic nitrogens is 1. The fourth-order valence-electron chi connectivity index (χ4n) is 9.13. The highest BCUT2D eigenvalue weighted by Crippen LogP contribution is 2.36. The molecule has 0 aliphatic carbocycles. The van der Waals surface area contributed by atoms with Gasteiger partial charge in [0, 0.05) is 36.8 Å². The molecule has 5 N–H and O–H groups in total. The number of carbonyl (C=O) groups is 1. The summed E-state index contributed by atoms with van der Waals surface area (Å²) in [6, 6.07) is 41.4. The average Bonchev–Trinajstić information content (AvgIpc) is 3.32. The molecular formula is C52H59N4O8+. The maximum Gasteiger partial charge on any atom is 0.408 e. The van der Waals surface area contributed by atoms with Gasteiger partial charge in [-0.3, -0.25) is 4.79 Å². The van der Waals surface area contributed by atoms with E-state index in [0.29, 0.717) is 54.5 Å². The molecule has 3 atom stereocenters. The first-order valence-corrected chi connectivity index (χ1v) is 22.5. The second kappa shape index (κ2) is 21.4. The highest BCUT2D eigenvalue weighted by Gasteiger charge is 2.47. The van der Waals surface area contributed by atoms with Gasteiger partial charge in [-0.05, 0) is 96.6 Å². The predicted octanol–water partition coefficient (Wildman–Crippen LogP) is 8.19. The molecule has 1 aromatic heterocycles. The number of piperidine rings is 3. The molecule has 1 amide bonds. The summed E-state index contributed by atoms with van der Waals surface area (Å²) < 4.78 is 25.6. The number of amides is 1. The van der Waals surface area contributed by atoms with Crippen LogP contribution in [0, 0.1) is 5.92 Å². The number of aliphatic hydroxyl groups is 1. The van der Waals surface area contributed by atoms with Gasteiger partial charge in [0.05, 0.1) is 37.4 Å². The van der Waals surface area contributed by atoms with Crippen LogP contribution in [0.3, 0.4) is 0 Å². The molecule has 6 aromatic rings. The molecule has 64 heavy (non-hydrogen) atoms. The Kier molecular flexibility index (Phi) is 14.8. The van der Waals surface area contributed by atoms with Crippen molar-refractivity contribution in [2.45, 2.75) is 57.0 Å². The molecule has 0 spiro atoms. The Balaban J connectivity index is 0.783. The van der Waals surface area contributed by atoms with Crippen LogP contribution in [0.5, 0.6) is 23.0 Å². The van der Waals surface area contributed by atoms with Crippen molar-refractivity contribution in [2.24, 2.45) is 5.92 Å². The van der Waals surface area contributed by atoms with E-state index in [1.165, 1.54) is 12.1 Å². The first kappa shape index (κ1) is 44.3. The highest BCUT2D eigenvalue weighted by molar-refractivity contribution is 5.87. The Morgan fingerprint density at radius 2 is 1.47 bits per heavy atom. The minimum atomic E-state index is -0.788. The lowest BCUT2D eigenvalue weighted by Gasteiger charge is -2.51. The van der Waals surface area contributed by atoms with E-state index in [0.717, 1.165) is 97.5 Å². The van der Waals surface area contributed by atoms with Crippen LogP contribution in [-0.4, -0.2) is 84.4 Å². The number of para-hydroxylation sites is 1. The van der Waals surface area contributed by atoms with Gasteiger partial charge in [-0.1, -0.05) is 78.9 Å². The number of nitrogens with zero attached hydrogens (tertiary/aromatic N) is 1. The second-order valence-electron chi connectivity index (χ2n) is 17.0. The van der Waals surface area contributed by atoms with Crippen molar-refractivity contribution in [2.75, 3.05) is 52.5 Å². The maximum atomic E-state index is 13.7. The first-order valence-electron chi connectivity index (χ1n) is 22.5. The molecule has 12 nitrogen and oxygen atoms in total. The van der Waals surface area contributed by atoms with Gasteiger partial charge in [-0.2, -0.15) is 0 Å². The molecule has 3 aliphatic rings. The van der Waals surface area contributed by atoms with Gasteiger partial charge in [-0.15, -0.1) is 0 Å². The second-order valence-corrected chi connectivity index (χ2v) is 17.0. The fraction of sp³-hybridized carbons (Fsp3) is 0.346. The minimum Gasteiger partial charge on any atom is -0.506 e. The van der Waals surface area contributed by atoms with Crippen molar-refractivity contribution < 1.29 is 38.4 Å². The van der Waals surface area contributed by atoms with Gasteiger partial charge >= 0.3 is 6.09 Å². The van der Waals surface area contributed by atoms with Crippen LogP contribution in [0.2, 0.25) is 0 Å². The lowest BCUT2D eigenvalue weighted by molar-refractivity contribution is -0.946. The van der Waals surface area contributed by atoms with Crippen molar-refractivity contribution >= 4 is 17.0 Å². The number of phenolic OH excluding ortho intramolecular Hbond substituents is 1. The molecule has 9 rings (SSSR count). The SMILES string of the molecule is O=C(NC(c1ccccc1)c1cccc(OCc2cccc(OCCCCCNC[C@@H](O)c3ccc(O)c4[nH]c(=O)ccc34)c2)c1)O[C@H]1C[N+]2(CCOc3ccccc3)CCC1CC2. The zero-order chi connectivity index (χ0) is 44.1. The summed E-state index contributed by atoms with van der Waals surface area (Å²) in [7, 11) is 0. The predicted molar refractivity (Wildman–Crippen MR) is 247 cm³/mol. The topological polar surface area (TPSA) is 151 Å². The Bertz CT molecular complexity index is 2490. The molecule has 4 heterocycles. The number of aliphatic hydroxyl groups excluding tert-OH is 1. The van der Waals surface area contributed by atoms with E-state index in [1.807, 2.05) is 109 Å². The van der Waals surface area contributed by atoms with Crippen LogP contribution in [-0.2, 0) is 11.3 Å². The summed E-state index contributed by atoms with van der Waals surface area (Å²) in [5, 5.41) is 28.1. The van der Waals surface area contributed by atoms with E-state index in [-0.39, 0.29) is 17.4 Å². The largest absolute Gasteiger partial charge is 0.506 e. The Labute approximate surface area is 374 Å². The van der Waals surface area contributed by atoms with Crippen LogP contribution in [0.15, 0.2) is 138 Å². The standard InChI is InChI=1S/C52H58N4O8/c57-46-22-20-44(45-21-23-49(59)54-51(45)46)47(58)34-53-26-8-3-9-30-61-42-18-10-12-37(32-42)36-63-43-19-11-15-40(33-43)50(39-13-4-1-5-14-39)55-52(60)64-48-35-56(27-24-38(48)25-28-56)29-31-62-41-16-6-2-7-17-41/h1-2,4-7,10-23,32-33,38,47-48,50,53,58H,3,8-9,24-31,34-36H2,(H2-,54,55,57,59,60)/p+1/t38?,47-,48+,50?,56?/m1/s1. The number of aromatic amines is 1. The quantitative estimate of drug-likeness (QED) is 0.0357. The number of hydrogen-bond donors (Lipinski definition) is 5. The van der Waals surface area contributed by atoms with Gasteiger partial charge in [0.25, 0.3) is 0 Å². The summed E-state index contributed by atoms with van der Waals surface area (Å²) in [6.45, 7) is 6.52. The van der Waals surface area contributed by atoms with E-state index in [4.69, 9.17) is 18.9 Å². The number of quaternary nitrogens is 1. The molecule has 334 valence electrons. The number of carbonyl (C=O) groups excluding carboxylic acids is 1. The Morgan fingerprint density at radius 1 is 0.750 bits per heavy atom. The first-order chi connectivity index (χ1) is 31.3. The molecule has 3 saturated heterocycles. The number of nitrogens with one attached hydrogen (secondary N) is 3. The molecule has 3 fully saturated rings. The number of pyridine rings is 1. The van der Waals surface area contributed by atoms with Gasteiger partial charge < -0.3 is 49.3 Å². The summed E-state index contributed by atoms with van der Waals surface area (Å²) in [5.41, 5.74) is 3.48. The Morgan fingerprint density at radius 3 is 2.28 bits per heavy atom. The minimum absolute atomic E-state index is 0.0280. The van der Waals surface area contributed by atoms with E-state index in [1.54, 1.807) is 12.1 Å². The third-order valence-electron chi connectivity index (χ3n) is 12.6. The van der Waals surface area contributed by atoms with E-state index < -0.39 is 18.2 Å². The number of ether oxygens (including phenoxy) is 4. The monoisotopic (exact) mass is 867 g/mol. The number of hydrogen-bond acceptors (Lipinski definition) is 9. The number of rotatable bonds is 21. The summed E-state index contributed by atoms with van der Waals surface area (Å²) in [6.07, 6.45) is 3.49. The third-order valence-corrected chi connectivity index (χ3v) is 12.6. The molecule has 0 saturated carbocycles. The number of alkyl carbamates (subject to hydrolysis) is 1.